The predicted molar refractivity (Wildman–Crippen MR) is 66.3 cm³/mol. The van der Waals surface area contributed by atoms with Gasteiger partial charge in [-0.3, -0.25) is 4.79 Å². The average molecular weight is 248 g/mol. The van der Waals surface area contributed by atoms with Crippen LogP contribution in [-0.2, 0) is 6.42 Å². The smallest absolute Gasteiger partial charge is 0.180 e. The number of aromatic amines is 1. The van der Waals surface area contributed by atoms with Gasteiger partial charge in [-0.05, 0) is 17.5 Å². The summed E-state index contributed by atoms with van der Waals surface area (Å²) in [5, 5.41) is 2.04. The maximum atomic E-state index is 11.9. The molecular weight excluding hydrogens is 240 g/mol. The Kier molecular flexibility index (Phi) is 2.34. The number of carbonyl (C=O) groups is 1. The number of nitrogens with zero attached hydrogens (tertiary/aromatic N) is 1. The van der Waals surface area contributed by atoms with Crippen molar-refractivity contribution in [2.24, 2.45) is 0 Å². The minimum atomic E-state index is 0.128. The molecule has 0 unspecified atom stereocenters. The van der Waals surface area contributed by atoms with Crippen molar-refractivity contribution in [3.8, 4) is 0 Å². The maximum absolute atomic E-state index is 11.9. The lowest BCUT2D eigenvalue weighted by atomic mass is 10.2. The molecule has 1 N–H and O–H groups in total. The van der Waals surface area contributed by atoms with Crippen LogP contribution in [0.3, 0.4) is 0 Å². The number of nitrogens with one attached hydrogen (secondary N) is 1. The van der Waals surface area contributed by atoms with Gasteiger partial charge in [0.25, 0.3) is 0 Å². The molecule has 0 amide bonds. The van der Waals surface area contributed by atoms with Crippen molar-refractivity contribution in [3.05, 3.63) is 40.6 Å². The zero-order valence-electron chi connectivity index (χ0n) is 8.27. The Morgan fingerprint density at radius 2 is 2.38 bits per heavy atom. The van der Waals surface area contributed by atoms with Crippen LogP contribution in [0.25, 0.3) is 9.40 Å². The molecule has 3 aromatic heterocycles. The monoisotopic (exact) mass is 248 g/mol. The lowest BCUT2D eigenvalue weighted by Gasteiger charge is -1.93. The van der Waals surface area contributed by atoms with E-state index in [2.05, 4.69) is 9.97 Å². The Labute approximate surface area is 99.8 Å². The molecule has 0 spiro atoms. The molecule has 0 atom stereocenters. The third-order valence-corrected chi connectivity index (χ3v) is 4.43. The lowest BCUT2D eigenvalue weighted by Crippen LogP contribution is -2.02. The van der Waals surface area contributed by atoms with Crippen molar-refractivity contribution >= 4 is 37.9 Å². The fourth-order valence-corrected chi connectivity index (χ4v) is 3.58. The number of fused-ring (bicyclic) bond motifs is 1. The molecule has 0 saturated heterocycles. The summed E-state index contributed by atoms with van der Waals surface area (Å²) in [5.74, 6) is 0.852. The van der Waals surface area contributed by atoms with Crippen molar-refractivity contribution < 1.29 is 4.79 Å². The molecule has 0 bridgehead atoms. The minimum Gasteiger partial charge on any atom is -0.348 e. The van der Waals surface area contributed by atoms with E-state index in [1.165, 1.54) is 9.40 Å². The Morgan fingerprint density at radius 3 is 3.12 bits per heavy atom. The van der Waals surface area contributed by atoms with Gasteiger partial charge in [-0.2, -0.15) is 0 Å². The highest BCUT2D eigenvalue weighted by molar-refractivity contribution is 7.27. The summed E-state index contributed by atoms with van der Waals surface area (Å²) in [6.07, 6.45) is 3.74. The zero-order valence-corrected chi connectivity index (χ0v) is 9.90. The second-order valence-electron chi connectivity index (χ2n) is 3.40. The van der Waals surface area contributed by atoms with E-state index >= 15 is 0 Å². The molecule has 0 aromatic carbocycles. The van der Waals surface area contributed by atoms with Crippen LogP contribution in [0.1, 0.15) is 15.5 Å². The molecule has 16 heavy (non-hydrogen) atoms. The number of imidazole rings is 1. The van der Waals surface area contributed by atoms with Crippen molar-refractivity contribution in [2.75, 3.05) is 0 Å². The molecule has 5 heteroatoms. The number of carbonyl (C=O) groups excluding carboxylic acids is 1. The van der Waals surface area contributed by atoms with Gasteiger partial charge < -0.3 is 4.98 Å². The second kappa shape index (κ2) is 3.84. The van der Waals surface area contributed by atoms with Gasteiger partial charge in [-0.15, -0.1) is 22.7 Å². The van der Waals surface area contributed by atoms with Crippen molar-refractivity contribution in [2.45, 2.75) is 6.42 Å². The lowest BCUT2D eigenvalue weighted by molar-refractivity contribution is 0.0995. The first-order chi connectivity index (χ1) is 7.83. The first-order valence-electron chi connectivity index (χ1n) is 4.81. The molecule has 0 aliphatic carbocycles. The third kappa shape index (κ3) is 1.68. The first kappa shape index (κ1) is 9.74. The molecular formula is C11H8N2OS2. The summed E-state index contributed by atoms with van der Waals surface area (Å²) < 4.78 is 2.38. The van der Waals surface area contributed by atoms with Crippen molar-refractivity contribution in [1.29, 1.82) is 0 Å². The molecule has 0 saturated carbocycles. The first-order valence-corrected chi connectivity index (χ1v) is 6.51. The molecule has 3 heterocycles. The number of thiophene rings is 2. The molecule has 3 aromatic rings. The van der Waals surface area contributed by atoms with Crippen molar-refractivity contribution in [3.63, 3.8) is 0 Å². The largest absolute Gasteiger partial charge is 0.348 e. The normalized spacial score (nSPS) is 11.0. The van der Waals surface area contributed by atoms with Crippen LogP contribution >= 0.6 is 22.7 Å². The number of Topliss-reactive ketones (excluding diaryl/α,β-unsaturated/α-hetero) is 1. The summed E-state index contributed by atoms with van der Waals surface area (Å²) >= 11 is 3.22. The van der Waals surface area contributed by atoms with Gasteiger partial charge in [0.2, 0.25) is 0 Å². The van der Waals surface area contributed by atoms with Crippen LogP contribution in [0.4, 0.5) is 0 Å². The highest BCUT2D eigenvalue weighted by atomic mass is 32.1. The molecule has 3 rings (SSSR count). The van der Waals surface area contributed by atoms with Crippen molar-refractivity contribution in [1.82, 2.24) is 9.97 Å². The van der Waals surface area contributed by atoms with Crippen LogP contribution < -0.4 is 0 Å². The molecule has 80 valence electrons. The van der Waals surface area contributed by atoms with E-state index in [4.69, 9.17) is 0 Å². The zero-order chi connectivity index (χ0) is 11.0. The Bertz CT molecular complexity index is 593. The third-order valence-electron chi connectivity index (χ3n) is 2.30. The number of hydrogen-bond acceptors (Lipinski definition) is 4. The topological polar surface area (TPSA) is 45.8 Å². The highest BCUT2D eigenvalue weighted by Gasteiger charge is 2.12. The molecule has 3 nitrogen and oxygen atoms in total. The van der Waals surface area contributed by atoms with Crippen LogP contribution in [0.15, 0.2) is 29.9 Å². The van der Waals surface area contributed by atoms with Gasteiger partial charge in [0.15, 0.2) is 5.78 Å². The Morgan fingerprint density at radius 1 is 1.44 bits per heavy atom. The SMILES string of the molecule is O=C(Cc1ncc[nH]1)c1cc2sccc2s1. The van der Waals surface area contributed by atoms with E-state index in [0.717, 1.165) is 10.7 Å². The summed E-state index contributed by atoms with van der Waals surface area (Å²) in [5.41, 5.74) is 0. The number of aromatic nitrogens is 2. The van der Waals surface area contributed by atoms with Gasteiger partial charge in [-0.25, -0.2) is 4.98 Å². The van der Waals surface area contributed by atoms with E-state index in [1.54, 1.807) is 35.1 Å². The highest BCUT2D eigenvalue weighted by Crippen LogP contribution is 2.30. The van der Waals surface area contributed by atoms with Crippen LogP contribution in [0.5, 0.6) is 0 Å². The van der Waals surface area contributed by atoms with Crippen LogP contribution in [-0.4, -0.2) is 15.8 Å². The Hall–Kier alpha value is -1.46. The molecule has 0 radical (unpaired) electrons. The van der Waals surface area contributed by atoms with E-state index < -0.39 is 0 Å². The molecule has 0 fully saturated rings. The molecule has 0 aliphatic heterocycles. The minimum absolute atomic E-state index is 0.128. The second-order valence-corrected chi connectivity index (χ2v) is 5.43. The fourth-order valence-electron chi connectivity index (χ4n) is 1.54. The summed E-state index contributed by atoms with van der Waals surface area (Å²) in [4.78, 5) is 19.7. The number of ketones is 1. The van der Waals surface area contributed by atoms with Gasteiger partial charge in [0.05, 0.1) is 11.3 Å². The van der Waals surface area contributed by atoms with Crippen LogP contribution in [0, 0.1) is 0 Å². The van der Waals surface area contributed by atoms with E-state index in [1.807, 2.05) is 17.5 Å². The standard InChI is InChI=1S/C11H8N2OS2/c14-7(5-11-12-2-3-13-11)9-6-10-8(16-9)1-4-15-10/h1-4,6H,5H2,(H,12,13). The van der Waals surface area contributed by atoms with E-state index in [-0.39, 0.29) is 5.78 Å². The summed E-state index contributed by atoms with van der Waals surface area (Å²) in [7, 11) is 0. The maximum Gasteiger partial charge on any atom is 0.180 e. The van der Waals surface area contributed by atoms with Gasteiger partial charge >= 0.3 is 0 Å². The number of hydrogen-bond donors (Lipinski definition) is 1. The van der Waals surface area contributed by atoms with Crippen LogP contribution in [0.2, 0.25) is 0 Å². The van der Waals surface area contributed by atoms with E-state index in [0.29, 0.717) is 6.42 Å². The van der Waals surface area contributed by atoms with E-state index in [9.17, 15) is 4.79 Å². The Balaban J connectivity index is 1.87. The summed E-state index contributed by atoms with van der Waals surface area (Å²) in [6, 6.07) is 4.02. The fraction of sp³-hybridized carbons (Fsp3) is 0.0909. The summed E-state index contributed by atoms with van der Waals surface area (Å²) in [6.45, 7) is 0. The predicted octanol–water partition coefficient (Wildman–Crippen LogP) is 3.11. The quantitative estimate of drug-likeness (QED) is 0.724. The average Bonchev–Trinajstić information content (AvgIpc) is 2.91. The van der Waals surface area contributed by atoms with Gasteiger partial charge in [0, 0.05) is 21.8 Å². The number of H-pyrrole nitrogens is 1. The number of rotatable bonds is 3. The molecule has 0 aliphatic rings. The van der Waals surface area contributed by atoms with Gasteiger partial charge in [-0.1, -0.05) is 0 Å². The van der Waals surface area contributed by atoms with Gasteiger partial charge in [0.1, 0.15) is 5.82 Å².